The Morgan fingerprint density at radius 2 is 2.05 bits per heavy atom. The smallest absolute Gasteiger partial charge is 0.283 e. The zero-order valence-electron chi connectivity index (χ0n) is 9.60. The number of halogens is 2. The fourth-order valence-corrected chi connectivity index (χ4v) is 1.56. The van der Waals surface area contributed by atoms with Crippen molar-refractivity contribution in [2.24, 2.45) is 5.73 Å². The van der Waals surface area contributed by atoms with Crippen molar-refractivity contribution in [3.8, 4) is 11.3 Å². The number of benzene rings is 1. The predicted molar refractivity (Wildman–Crippen MR) is 61.3 cm³/mol. The molecule has 1 heterocycles. The first-order valence-electron chi connectivity index (χ1n) is 5.31. The Labute approximate surface area is 106 Å². The molecular weight excluding hydrogens is 260 g/mol. The van der Waals surface area contributed by atoms with Crippen LogP contribution < -0.4 is 5.73 Å². The van der Waals surface area contributed by atoms with Crippen molar-refractivity contribution in [3.63, 3.8) is 0 Å². The van der Waals surface area contributed by atoms with Crippen LogP contribution in [-0.4, -0.2) is 16.5 Å². The summed E-state index contributed by atoms with van der Waals surface area (Å²) in [5.41, 5.74) is 4.56. The second-order valence-corrected chi connectivity index (χ2v) is 3.70. The highest BCUT2D eigenvalue weighted by Crippen LogP contribution is 2.32. The van der Waals surface area contributed by atoms with Crippen LogP contribution in [0.1, 0.15) is 5.89 Å². The molecule has 0 amide bonds. The first kappa shape index (κ1) is 13.1. The average molecular weight is 269 g/mol. The molecule has 100 valence electrons. The molecule has 0 radical (unpaired) electrons. The number of hydrogen-bond acceptors (Lipinski definition) is 5. The third-order valence-electron chi connectivity index (χ3n) is 2.41. The first-order valence-corrected chi connectivity index (χ1v) is 5.31. The highest BCUT2D eigenvalue weighted by molar-refractivity contribution is 5.69. The van der Waals surface area contributed by atoms with Gasteiger partial charge in [-0.3, -0.25) is 10.1 Å². The van der Waals surface area contributed by atoms with E-state index >= 15 is 0 Å². The third-order valence-corrected chi connectivity index (χ3v) is 2.41. The minimum atomic E-state index is -1.29. The van der Waals surface area contributed by atoms with Gasteiger partial charge in [-0.15, -0.1) is 0 Å². The predicted octanol–water partition coefficient (Wildman–Crippen LogP) is 2.03. The van der Waals surface area contributed by atoms with Crippen LogP contribution in [0.3, 0.4) is 0 Å². The molecule has 2 N–H and O–H groups in total. The van der Waals surface area contributed by atoms with Crippen LogP contribution in [0, 0.1) is 21.7 Å². The standard InChI is InChI=1S/C11H9F2N3O3/c12-7-3-6(9(16(17)18)4-8(7)13)10-5-15-11(19-10)1-2-14/h3-5H,1-2,14H2. The molecule has 1 aromatic carbocycles. The summed E-state index contributed by atoms with van der Waals surface area (Å²) < 4.78 is 31.4. The number of oxazole rings is 1. The lowest BCUT2D eigenvalue weighted by atomic mass is 10.1. The van der Waals surface area contributed by atoms with Crippen LogP contribution in [0.4, 0.5) is 14.5 Å². The summed E-state index contributed by atoms with van der Waals surface area (Å²) in [5.74, 6) is -2.22. The Hall–Kier alpha value is -2.35. The van der Waals surface area contributed by atoms with Gasteiger partial charge in [-0.25, -0.2) is 13.8 Å². The van der Waals surface area contributed by atoms with Crippen LogP contribution in [0.15, 0.2) is 22.7 Å². The number of hydrogen-bond donors (Lipinski definition) is 1. The zero-order valence-corrected chi connectivity index (χ0v) is 9.60. The monoisotopic (exact) mass is 269 g/mol. The van der Waals surface area contributed by atoms with Gasteiger partial charge in [-0.1, -0.05) is 0 Å². The van der Waals surface area contributed by atoms with E-state index in [4.69, 9.17) is 10.2 Å². The number of nitro groups is 1. The number of nitrogens with two attached hydrogens (primary N) is 1. The number of rotatable bonds is 4. The van der Waals surface area contributed by atoms with Crippen LogP contribution >= 0.6 is 0 Å². The van der Waals surface area contributed by atoms with Crippen molar-refractivity contribution in [3.05, 3.63) is 46.0 Å². The zero-order chi connectivity index (χ0) is 14.0. The quantitative estimate of drug-likeness (QED) is 0.676. The van der Waals surface area contributed by atoms with Gasteiger partial charge in [0.05, 0.1) is 22.7 Å². The van der Waals surface area contributed by atoms with E-state index in [0.717, 1.165) is 0 Å². The van der Waals surface area contributed by atoms with Gasteiger partial charge < -0.3 is 10.2 Å². The van der Waals surface area contributed by atoms with Crippen LogP contribution in [0.25, 0.3) is 11.3 Å². The number of aromatic nitrogens is 1. The molecule has 6 nitrogen and oxygen atoms in total. The maximum absolute atomic E-state index is 13.2. The van der Waals surface area contributed by atoms with E-state index in [0.29, 0.717) is 25.1 Å². The Morgan fingerprint density at radius 1 is 1.37 bits per heavy atom. The summed E-state index contributed by atoms with van der Waals surface area (Å²) in [6, 6.07) is 1.22. The summed E-state index contributed by atoms with van der Waals surface area (Å²) in [6.07, 6.45) is 1.56. The van der Waals surface area contributed by atoms with Crippen LogP contribution in [0.5, 0.6) is 0 Å². The highest BCUT2D eigenvalue weighted by Gasteiger charge is 2.22. The molecule has 0 aliphatic carbocycles. The van der Waals surface area contributed by atoms with E-state index in [9.17, 15) is 18.9 Å². The van der Waals surface area contributed by atoms with Crippen molar-refractivity contribution in [2.75, 3.05) is 6.54 Å². The van der Waals surface area contributed by atoms with Crippen molar-refractivity contribution in [2.45, 2.75) is 6.42 Å². The number of nitro benzene ring substituents is 1. The normalized spacial score (nSPS) is 10.7. The molecule has 0 bridgehead atoms. The number of nitrogens with zero attached hydrogens (tertiary/aromatic N) is 2. The summed E-state index contributed by atoms with van der Waals surface area (Å²) >= 11 is 0. The molecule has 0 unspecified atom stereocenters. The van der Waals surface area contributed by atoms with Crippen LogP contribution in [0.2, 0.25) is 0 Å². The van der Waals surface area contributed by atoms with Gasteiger partial charge in [0.1, 0.15) is 0 Å². The SMILES string of the molecule is NCCc1ncc(-c2cc(F)c(F)cc2[N+](=O)[O-])o1. The molecule has 0 saturated carbocycles. The maximum atomic E-state index is 13.2. The lowest BCUT2D eigenvalue weighted by Gasteiger charge is -2.00. The molecular formula is C11H9F2N3O3. The maximum Gasteiger partial charge on any atom is 0.283 e. The second kappa shape index (κ2) is 5.11. The molecule has 2 rings (SSSR count). The highest BCUT2D eigenvalue weighted by atomic mass is 19.2. The van der Waals surface area contributed by atoms with E-state index in [1.165, 1.54) is 6.20 Å². The molecule has 0 fully saturated rings. The van der Waals surface area contributed by atoms with Crippen LogP contribution in [-0.2, 0) is 6.42 Å². The Kier molecular flexibility index (Phi) is 3.52. The van der Waals surface area contributed by atoms with E-state index in [1.807, 2.05) is 0 Å². The Balaban J connectivity index is 2.53. The van der Waals surface area contributed by atoms with Crippen molar-refractivity contribution in [1.29, 1.82) is 0 Å². The summed E-state index contributed by atoms with van der Waals surface area (Å²) in [6.45, 7) is 0.291. The minimum absolute atomic E-state index is 0.00551. The summed E-state index contributed by atoms with van der Waals surface area (Å²) in [4.78, 5) is 13.9. The molecule has 0 aliphatic rings. The molecule has 0 atom stereocenters. The molecule has 0 aliphatic heterocycles. The van der Waals surface area contributed by atoms with E-state index in [2.05, 4.69) is 4.98 Å². The molecule has 8 heteroatoms. The van der Waals surface area contributed by atoms with Gasteiger partial charge in [-0.05, 0) is 6.07 Å². The summed E-state index contributed by atoms with van der Waals surface area (Å²) in [5, 5.41) is 10.8. The van der Waals surface area contributed by atoms with Gasteiger partial charge in [0, 0.05) is 13.0 Å². The lowest BCUT2D eigenvalue weighted by Crippen LogP contribution is -2.02. The fraction of sp³-hybridized carbons (Fsp3) is 0.182. The van der Waals surface area contributed by atoms with E-state index in [1.54, 1.807) is 0 Å². The average Bonchev–Trinajstić information content (AvgIpc) is 2.81. The van der Waals surface area contributed by atoms with Gasteiger partial charge >= 0.3 is 0 Å². The first-order chi connectivity index (χ1) is 9.02. The largest absolute Gasteiger partial charge is 0.440 e. The molecule has 0 saturated heterocycles. The van der Waals surface area contributed by atoms with E-state index in [-0.39, 0.29) is 17.2 Å². The van der Waals surface area contributed by atoms with Gasteiger partial charge in [0.25, 0.3) is 5.69 Å². The Morgan fingerprint density at radius 3 is 2.68 bits per heavy atom. The van der Waals surface area contributed by atoms with Crippen molar-refractivity contribution < 1.29 is 18.1 Å². The molecule has 1 aromatic heterocycles. The van der Waals surface area contributed by atoms with E-state index < -0.39 is 22.2 Å². The summed E-state index contributed by atoms with van der Waals surface area (Å²) in [7, 11) is 0. The van der Waals surface area contributed by atoms with Gasteiger partial charge in [0.2, 0.25) is 0 Å². The minimum Gasteiger partial charge on any atom is -0.440 e. The van der Waals surface area contributed by atoms with Crippen molar-refractivity contribution >= 4 is 5.69 Å². The Bertz CT molecular complexity index is 628. The topological polar surface area (TPSA) is 95.2 Å². The fourth-order valence-electron chi connectivity index (χ4n) is 1.56. The van der Waals surface area contributed by atoms with Gasteiger partial charge in [-0.2, -0.15) is 0 Å². The molecule has 2 aromatic rings. The lowest BCUT2D eigenvalue weighted by molar-refractivity contribution is -0.384. The molecule has 0 spiro atoms. The second-order valence-electron chi connectivity index (χ2n) is 3.70. The molecule has 19 heavy (non-hydrogen) atoms. The third kappa shape index (κ3) is 2.58. The van der Waals surface area contributed by atoms with Gasteiger partial charge in [0.15, 0.2) is 23.3 Å². The van der Waals surface area contributed by atoms with Crippen molar-refractivity contribution in [1.82, 2.24) is 4.98 Å².